The molecular weight excluding hydrogens is 356 g/mol. The Balaban J connectivity index is 2.03. The maximum absolute atomic E-state index is 12.7. The fraction of sp³-hybridized carbons (Fsp3) is 0.364. The van der Waals surface area contributed by atoms with Crippen molar-refractivity contribution in [1.29, 1.82) is 0 Å². The van der Waals surface area contributed by atoms with Crippen LogP contribution in [0.25, 0.3) is 0 Å². The number of amides is 2. The van der Waals surface area contributed by atoms with Crippen LogP contribution in [-0.4, -0.2) is 31.6 Å². The van der Waals surface area contributed by atoms with Gasteiger partial charge in [-0.1, -0.05) is 38.1 Å². The molecule has 1 unspecified atom stereocenters. The number of hydrogen-bond acceptors (Lipinski definition) is 4. The third-order valence-corrected chi connectivity index (χ3v) is 4.29. The normalized spacial score (nSPS) is 11.6. The van der Waals surface area contributed by atoms with Crippen LogP contribution in [-0.2, 0) is 11.3 Å². The molecule has 6 nitrogen and oxygen atoms in total. The second kappa shape index (κ2) is 10.3. The van der Waals surface area contributed by atoms with Crippen LogP contribution < -0.4 is 20.1 Å². The van der Waals surface area contributed by atoms with E-state index in [9.17, 15) is 9.59 Å². The molecule has 0 aliphatic rings. The number of ether oxygens (including phenoxy) is 2. The summed E-state index contributed by atoms with van der Waals surface area (Å²) in [6.45, 7) is 6.48. The molecule has 2 N–H and O–H groups in total. The molecule has 28 heavy (non-hydrogen) atoms. The van der Waals surface area contributed by atoms with Gasteiger partial charge in [0.25, 0.3) is 5.91 Å². The summed E-state index contributed by atoms with van der Waals surface area (Å²) in [5, 5.41) is 5.72. The van der Waals surface area contributed by atoms with E-state index in [-0.39, 0.29) is 17.7 Å². The summed E-state index contributed by atoms with van der Waals surface area (Å²) in [4.78, 5) is 25.4. The number of carbonyl (C=O) groups is 2. The summed E-state index contributed by atoms with van der Waals surface area (Å²) in [5.41, 5.74) is 1.36. The molecule has 2 amide bonds. The van der Waals surface area contributed by atoms with Crippen LogP contribution in [0.4, 0.5) is 0 Å². The van der Waals surface area contributed by atoms with Crippen LogP contribution >= 0.6 is 0 Å². The first kappa shape index (κ1) is 21.3. The van der Waals surface area contributed by atoms with Gasteiger partial charge in [0.1, 0.15) is 17.5 Å². The first-order chi connectivity index (χ1) is 13.5. The summed E-state index contributed by atoms with van der Waals surface area (Å²) in [7, 11) is 1.61. The fourth-order valence-corrected chi connectivity index (χ4v) is 2.73. The van der Waals surface area contributed by atoms with E-state index in [0.717, 1.165) is 11.3 Å². The lowest BCUT2D eigenvalue weighted by molar-refractivity contribution is -0.124. The number of hydrogen-bond donors (Lipinski definition) is 2. The number of benzene rings is 2. The van der Waals surface area contributed by atoms with Gasteiger partial charge in [0.2, 0.25) is 5.91 Å². The van der Waals surface area contributed by atoms with Gasteiger partial charge in [-0.15, -0.1) is 0 Å². The molecule has 0 radical (unpaired) electrons. The molecule has 0 fully saturated rings. The van der Waals surface area contributed by atoms with Gasteiger partial charge in [-0.3, -0.25) is 9.59 Å². The Labute approximate surface area is 166 Å². The lowest BCUT2D eigenvalue weighted by Gasteiger charge is -2.22. The molecule has 0 heterocycles. The van der Waals surface area contributed by atoms with Gasteiger partial charge in [0, 0.05) is 6.54 Å². The molecule has 2 aromatic carbocycles. The second-order valence-corrected chi connectivity index (χ2v) is 6.69. The van der Waals surface area contributed by atoms with Crippen molar-refractivity contribution in [3.05, 3.63) is 59.7 Å². The van der Waals surface area contributed by atoms with Crippen molar-refractivity contribution in [3.8, 4) is 11.5 Å². The minimum Gasteiger partial charge on any atom is -0.497 e. The number of rotatable bonds is 9. The predicted octanol–water partition coefficient (Wildman–Crippen LogP) is 3.16. The molecule has 0 saturated carbocycles. The molecular formula is C22H28N2O4. The summed E-state index contributed by atoms with van der Waals surface area (Å²) in [6, 6.07) is 13.8. The number of nitrogens with one attached hydrogen (secondary N) is 2. The Morgan fingerprint density at radius 1 is 1.04 bits per heavy atom. The van der Waals surface area contributed by atoms with Crippen molar-refractivity contribution in [3.63, 3.8) is 0 Å². The Hall–Kier alpha value is -3.02. The van der Waals surface area contributed by atoms with Crippen molar-refractivity contribution in [2.45, 2.75) is 33.4 Å². The zero-order chi connectivity index (χ0) is 20.5. The minimum absolute atomic E-state index is 0.0703. The molecule has 0 aromatic heterocycles. The third-order valence-electron chi connectivity index (χ3n) is 4.29. The summed E-state index contributed by atoms with van der Waals surface area (Å²) in [5.74, 6) is 0.633. The van der Waals surface area contributed by atoms with Gasteiger partial charge in [0.05, 0.1) is 19.3 Å². The standard InChI is InChI=1S/C22H28N2O4/c1-5-28-19-9-7-6-8-18(19)21(25)24-20(15(2)3)22(26)23-14-16-10-12-17(27-4)13-11-16/h6-13,15,20H,5,14H2,1-4H3,(H,23,26)(H,24,25). The van der Waals surface area contributed by atoms with Crippen LogP contribution in [0.5, 0.6) is 11.5 Å². The first-order valence-electron chi connectivity index (χ1n) is 9.39. The minimum atomic E-state index is -0.652. The molecule has 1 atom stereocenters. The molecule has 2 aromatic rings. The van der Waals surface area contributed by atoms with Crippen LogP contribution in [0.15, 0.2) is 48.5 Å². The molecule has 0 bridgehead atoms. The highest BCUT2D eigenvalue weighted by Gasteiger charge is 2.25. The van der Waals surface area contributed by atoms with E-state index in [4.69, 9.17) is 9.47 Å². The molecule has 2 rings (SSSR count). The highest BCUT2D eigenvalue weighted by Crippen LogP contribution is 2.18. The Bertz CT molecular complexity index is 787. The van der Waals surface area contributed by atoms with Gasteiger partial charge in [-0.25, -0.2) is 0 Å². The molecule has 6 heteroatoms. The van der Waals surface area contributed by atoms with E-state index in [0.29, 0.717) is 24.5 Å². The molecule has 0 aliphatic carbocycles. The van der Waals surface area contributed by atoms with E-state index < -0.39 is 6.04 Å². The summed E-state index contributed by atoms with van der Waals surface area (Å²) >= 11 is 0. The van der Waals surface area contributed by atoms with Crippen LogP contribution in [0.1, 0.15) is 36.7 Å². The molecule has 0 aliphatic heterocycles. The zero-order valence-corrected chi connectivity index (χ0v) is 16.8. The van der Waals surface area contributed by atoms with Crippen LogP contribution in [0.2, 0.25) is 0 Å². The molecule has 150 valence electrons. The maximum atomic E-state index is 12.7. The highest BCUT2D eigenvalue weighted by molar-refractivity contribution is 5.99. The SMILES string of the molecule is CCOc1ccccc1C(=O)NC(C(=O)NCc1ccc(OC)cc1)C(C)C. The lowest BCUT2D eigenvalue weighted by atomic mass is 10.0. The number of carbonyl (C=O) groups excluding carboxylic acids is 2. The Morgan fingerprint density at radius 3 is 2.32 bits per heavy atom. The topological polar surface area (TPSA) is 76.7 Å². The smallest absolute Gasteiger partial charge is 0.255 e. The largest absolute Gasteiger partial charge is 0.497 e. The van der Waals surface area contributed by atoms with Crippen molar-refractivity contribution < 1.29 is 19.1 Å². The number of para-hydroxylation sites is 1. The van der Waals surface area contributed by atoms with E-state index in [1.165, 1.54) is 0 Å². The lowest BCUT2D eigenvalue weighted by Crippen LogP contribution is -2.49. The Morgan fingerprint density at radius 2 is 1.71 bits per heavy atom. The van der Waals surface area contributed by atoms with E-state index >= 15 is 0 Å². The molecule has 0 saturated heterocycles. The van der Waals surface area contributed by atoms with Gasteiger partial charge in [0.15, 0.2) is 0 Å². The highest BCUT2D eigenvalue weighted by atomic mass is 16.5. The quantitative estimate of drug-likeness (QED) is 0.696. The zero-order valence-electron chi connectivity index (χ0n) is 16.8. The van der Waals surface area contributed by atoms with Crippen LogP contribution in [0.3, 0.4) is 0 Å². The molecule has 0 spiro atoms. The van der Waals surface area contributed by atoms with Crippen molar-refractivity contribution in [2.75, 3.05) is 13.7 Å². The second-order valence-electron chi connectivity index (χ2n) is 6.69. The van der Waals surface area contributed by atoms with Gasteiger partial charge in [-0.2, -0.15) is 0 Å². The van der Waals surface area contributed by atoms with E-state index in [1.807, 2.05) is 51.1 Å². The number of methoxy groups -OCH3 is 1. The van der Waals surface area contributed by atoms with Gasteiger partial charge < -0.3 is 20.1 Å². The first-order valence-corrected chi connectivity index (χ1v) is 9.39. The average Bonchev–Trinajstić information content (AvgIpc) is 2.70. The van der Waals surface area contributed by atoms with E-state index in [2.05, 4.69) is 10.6 Å². The predicted molar refractivity (Wildman–Crippen MR) is 109 cm³/mol. The summed E-state index contributed by atoms with van der Waals surface area (Å²) < 4.78 is 10.6. The summed E-state index contributed by atoms with van der Waals surface area (Å²) in [6.07, 6.45) is 0. The van der Waals surface area contributed by atoms with Crippen LogP contribution in [0, 0.1) is 5.92 Å². The Kier molecular flexibility index (Phi) is 7.87. The van der Waals surface area contributed by atoms with Crippen molar-refractivity contribution in [1.82, 2.24) is 10.6 Å². The maximum Gasteiger partial charge on any atom is 0.255 e. The third kappa shape index (κ3) is 5.74. The van der Waals surface area contributed by atoms with Gasteiger partial charge in [-0.05, 0) is 42.7 Å². The average molecular weight is 384 g/mol. The van der Waals surface area contributed by atoms with Crippen molar-refractivity contribution >= 4 is 11.8 Å². The van der Waals surface area contributed by atoms with E-state index in [1.54, 1.807) is 25.3 Å². The van der Waals surface area contributed by atoms with Gasteiger partial charge >= 0.3 is 0 Å². The monoisotopic (exact) mass is 384 g/mol. The fourth-order valence-electron chi connectivity index (χ4n) is 2.73. The van der Waals surface area contributed by atoms with Crippen molar-refractivity contribution in [2.24, 2.45) is 5.92 Å².